The standard InChI is InChI=1S/C18H22N4O4/c1-24-13-6-12-14(16(26-3)15(13)25-2)19-9-20-17(12)22-7-10-4-5-11(8-22)21-18(10)23/h6,9-11H,4-5,7-8H2,1-3H3,(H,21,23)/t10-,11+/m1/s1. The number of methoxy groups -OCH3 is 3. The molecule has 3 fully saturated rings. The molecule has 1 aromatic carbocycles. The molecule has 3 aliphatic heterocycles. The molecule has 0 unspecified atom stereocenters. The second-order valence-corrected chi connectivity index (χ2v) is 6.62. The maximum atomic E-state index is 12.2. The van der Waals surface area contributed by atoms with Crippen molar-refractivity contribution in [2.45, 2.75) is 18.9 Å². The van der Waals surface area contributed by atoms with Crippen LogP contribution < -0.4 is 24.4 Å². The number of ether oxygens (including phenoxy) is 3. The van der Waals surface area contributed by atoms with Crippen LogP contribution in [0.3, 0.4) is 0 Å². The highest BCUT2D eigenvalue weighted by molar-refractivity contribution is 5.97. The SMILES string of the molecule is COc1cc2c(N3C[C@@H]4CC[C@H](C3)C(=O)N4)ncnc2c(OC)c1OC. The minimum absolute atomic E-state index is 0.0131. The van der Waals surface area contributed by atoms with Crippen LogP contribution in [0.4, 0.5) is 5.82 Å². The van der Waals surface area contributed by atoms with Crippen LogP contribution in [0.1, 0.15) is 12.8 Å². The lowest BCUT2D eigenvalue weighted by Crippen LogP contribution is -2.43. The molecule has 8 heteroatoms. The van der Waals surface area contributed by atoms with Crippen LogP contribution >= 0.6 is 0 Å². The maximum Gasteiger partial charge on any atom is 0.225 e. The molecule has 1 aromatic heterocycles. The average Bonchev–Trinajstić information content (AvgIpc) is 2.96. The van der Waals surface area contributed by atoms with Gasteiger partial charge < -0.3 is 24.4 Å². The van der Waals surface area contributed by atoms with Crippen LogP contribution in [0.25, 0.3) is 10.9 Å². The molecule has 2 atom stereocenters. The number of benzene rings is 1. The van der Waals surface area contributed by atoms with Crippen LogP contribution in [0.2, 0.25) is 0 Å². The van der Waals surface area contributed by atoms with Gasteiger partial charge in [-0.2, -0.15) is 0 Å². The second-order valence-electron chi connectivity index (χ2n) is 6.62. The number of rotatable bonds is 4. The van der Waals surface area contributed by atoms with E-state index in [1.54, 1.807) is 21.3 Å². The third-order valence-electron chi connectivity index (χ3n) is 5.17. The van der Waals surface area contributed by atoms with E-state index in [9.17, 15) is 4.79 Å². The lowest BCUT2D eigenvalue weighted by atomic mass is 9.96. The molecule has 1 N–H and O–H groups in total. The van der Waals surface area contributed by atoms with Gasteiger partial charge >= 0.3 is 0 Å². The van der Waals surface area contributed by atoms with Gasteiger partial charge in [0.2, 0.25) is 11.7 Å². The highest BCUT2D eigenvalue weighted by atomic mass is 16.5. The van der Waals surface area contributed by atoms with Gasteiger partial charge in [-0.05, 0) is 18.9 Å². The Morgan fingerprint density at radius 3 is 2.58 bits per heavy atom. The summed E-state index contributed by atoms with van der Waals surface area (Å²) in [4.78, 5) is 23.3. The van der Waals surface area contributed by atoms with Crippen molar-refractivity contribution in [3.63, 3.8) is 0 Å². The lowest BCUT2D eigenvalue weighted by Gasteiger charge is -2.25. The fraction of sp³-hybridized carbons (Fsp3) is 0.500. The summed E-state index contributed by atoms with van der Waals surface area (Å²) in [7, 11) is 4.73. The molecule has 0 spiro atoms. The van der Waals surface area contributed by atoms with Crippen molar-refractivity contribution in [3.05, 3.63) is 12.4 Å². The van der Waals surface area contributed by atoms with E-state index < -0.39 is 0 Å². The summed E-state index contributed by atoms with van der Waals surface area (Å²) in [5.74, 6) is 2.47. The third-order valence-corrected chi connectivity index (χ3v) is 5.17. The largest absolute Gasteiger partial charge is 0.493 e. The summed E-state index contributed by atoms with van der Waals surface area (Å²) < 4.78 is 16.5. The molecule has 2 bridgehead atoms. The van der Waals surface area contributed by atoms with Gasteiger partial charge in [0.25, 0.3) is 0 Å². The minimum atomic E-state index is -0.0131. The maximum absolute atomic E-state index is 12.2. The van der Waals surface area contributed by atoms with Gasteiger partial charge in [0.15, 0.2) is 11.5 Å². The number of piperidine rings is 1. The van der Waals surface area contributed by atoms with Gasteiger partial charge in [0, 0.05) is 19.1 Å². The number of hydrogen-bond acceptors (Lipinski definition) is 7. The second kappa shape index (κ2) is 6.51. The first-order chi connectivity index (χ1) is 12.7. The van der Waals surface area contributed by atoms with Crippen LogP contribution in [-0.2, 0) is 4.79 Å². The summed E-state index contributed by atoms with van der Waals surface area (Å²) in [6.45, 7) is 1.37. The van der Waals surface area contributed by atoms with E-state index in [1.807, 2.05) is 6.07 Å². The van der Waals surface area contributed by atoms with Gasteiger partial charge in [-0.25, -0.2) is 9.97 Å². The van der Waals surface area contributed by atoms with E-state index >= 15 is 0 Å². The van der Waals surface area contributed by atoms with E-state index in [0.29, 0.717) is 29.3 Å². The van der Waals surface area contributed by atoms with Crippen molar-refractivity contribution >= 4 is 22.6 Å². The predicted octanol–water partition coefficient (Wildman–Crippen LogP) is 1.37. The quantitative estimate of drug-likeness (QED) is 0.883. The highest BCUT2D eigenvalue weighted by Gasteiger charge is 2.36. The molecule has 8 nitrogen and oxygen atoms in total. The fourth-order valence-electron chi connectivity index (χ4n) is 3.92. The number of nitrogens with zero attached hydrogens (tertiary/aromatic N) is 3. The summed E-state index contributed by atoms with van der Waals surface area (Å²) in [6, 6.07) is 2.02. The first-order valence-corrected chi connectivity index (χ1v) is 8.65. The first kappa shape index (κ1) is 16.7. The Balaban J connectivity index is 1.87. The first-order valence-electron chi connectivity index (χ1n) is 8.65. The molecular formula is C18H22N4O4. The topological polar surface area (TPSA) is 85.8 Å². The molecular weight excluding hydrogens is 336 g/mol. The van der Waals surface area contributed by atoms with E-state index in [4.69, 9.17) is 14.2 Å². The smallest absolute Gasteiger partial charge is 0.225 e. The molecule has 0 aliphatic carbocycles. The van der Waals surface area contributed by atoms with E-state index in [2.05, 4.69) is 20.2 Å². The van der Waals surface area contributed by atoms with Crippen molar-refractivity contribution in [2.75, 3.05) is 39.3 Å². The van der Waals surface area contributed by atoms with Crippen molar-refractivity contribution in [1.82, 2.24) is 15.3 Å². The number of nitrogens with one attached hydrogen (secondary N) is 1. The number of anilines is 1. The van der Waals surface area contributed by atoms with Crippen LogP contribution in [0, 0.1) is 5.92 Å². The minimum Gasteiger partial charge on any atom is -0.493 e. The Morgan fingerprint density at radius 2 is 1.88 bits per heavy atom. The zero-order chi connectivity index (χ0) is 18.3. The Hall–Kier alpha value is -2.77. The Bertz CT molecular complexity index is 857. The molecule has 5 rings (SSSR count). The van der Waals surface area contributed by atoms with Crippen LogP contribution in [0.5, 0.6) is 17.2 Å². The monoisotopic (exact) mass is 358 g/mol. The molecule has 1 amide bonds. The molecule has 2 aromatic rings. The van der Waals surface area contributed by atoms with E-state index in [1.165, 1.54) is 6.33 Å². The number of carbonyl (C=O) groups excluding carboxylic acids is 1. The van der Waals surface area contributed by atoms with Crippen LogP contribution in [0.15, 0.2) is 12.4 Å². The summed E-state index contributed by atoms with van der Waals surface area (Å²) >= 11 is 0. The Morgan fingerprint density at radius 1 is 1.08 bits per heavy atom. The van der Waals surface area contributed by atoms with Crippen molar-refractivity contribution < 1.29 is 19.0 Å². The van der Waals surface area contributed by atoms with E-state index in [-0.39, 0.29) is 17.9 Å². The number of fused-ring (bicyclic) bond motifs is 5. The average molecular weight is 358 g/mol. The number of aromatic nitrogens is 2. The molecule has 0 saturated carbocycles. The van der Waals surface area contributed by atoms with Crippen molar-refractivity contribution in [2.24, 2.45) is 5.92 Å². The van der Waals surface area contributed by atoms with Gasteiger partial charge in [-0.1, -0.05) is 0 Å². The summed E-state index contributed by atoms with van der Waals surface area (Å²) in [5.41, 5.74) is 0.658. The zero-order valence-electron chi connectivity index (χ0n) is 15.1. The van der Waals surface area contributed by atoms with Gasteiger partial charge in [0.1, 0.15) is 17.7 Å². The lowest BCUT2D eigenvalue weighted by molar-refractivity contribution is -0.126. The van der Waals surface area contributed by atoms with Crippen molar-refractivity contribution in [1.29, 1.82) is 0 Å². The highest BCUT2D eigenvalue weighted by Crippen LogP contribution is 2.44. The fourth-order valence-corrected chi connectivity index (χ4v) is 3.92. The molecule has 4 heterocycles. The Labute approximate surface area is 151 Å². The van der Waals surface area contributed by atoms with Gasteiger partial charge in [0.05, 0.1) is 32.6 Å². The molecule has 3 saturated heterocycles. The molecule has 138 valence electrons. The van der Waals surface area contributed by atoms with Crippen molar-refractivity contribution in [3.8, 4) is 17.2 Å². The van der Waals surface area contributed by atoms with Gasteiger partial charge in [-0.15, -0.1) is 0 Å². The normalized spacial score (nSPS) is 22.1. The summed E-state index contributed by atoms with van der Waals surface area (Å²) in [5, 5.41) is 3.91. The Kier molecular flexibility index (Phi) is 4.18. The summed E-state index contributed by atoms with van der Waals surface area (Å²) in [6.07, 6.45) is 3.43. The molecule has 26 heavy (non-hydrogen) atoms. The van der Waals surface area contributed by atoms with E-state index in [0.717, 1.165) is 30.6 Å². The number of amides is 1. The third kappa shape index (κ3) is 2.56. The molecule has 0 radical (unpaired) electrons. The van der Waals surface area contributed by atoms with Crippen LogP contribution in [-0.4, -0.2) is 56.3 Å². The number of carbonyl (C=O) groups is 1. The zero-order valence-corrected chi connectivity index (χ0v) is 15.1. The van der Waals surface area contributed by atoms with Gasteiger partial charge in [-0.3, -0.25) is 4.79 Å². The number of hydrogen-bond donors (Lipinski definition) is 1. The predicted molar refractivity (Wildman–Crippen MR) is 96.1 cm³/mol. The molecule has 3 aliphatic rings.